The predicted molar refractivity (Wildman–Crippen MR) is 85.5 cm³/mol. The molecule has 9 heteroatoms. The van der Waals surface area contributed by atoms with Crippen molar-refractivity contribution in [3.8, 4) is 0 Å². The molecule has 0 aliphatic rings. The molecule has 1 aromatic heterocycles. The van der Waals surface area contributed by atoms with Crippen molar-refractivity contribution in [3.63, 3.8) is 0 Å². The molecule has 8 nitrogen and oxygen atoms in total. The summed E-state index contributed by atoms with van der Waals surface area (Å²) in [6.07, 6.45) is 0. The quantitative estimate of drug-likeness (QED) is 0.572. The van der Waals surface area contributed by atoms with Gasteiger partial charge in [0.2, 0.25) is 11.1 Å². The van der Waals surface area contributed by atoms with Crippen molar-refractivity contribution in [1.29, 1.82) is 0 Å². The molecule has 0 atom stereocenters. The Bertz CT molecular complexity index is 671. The molecule has 122 valence electrons. The molecule has 2 aromatic rings. The van der Waals surface area contributed by atoms with Crippen LogP contribution >= 0.6 is 11.8 Å². The summed E-state index contributed by atoms with van der Waals surface area (Å²) < 4.78 is 6.56. The molecule has 1 aromatic carbocycles. The lowest BCUT2D eigenvalue weighted by Gasteiger charge is -2.06. The van der Waals surface area contributed by atoms with Crippen LogP contribution in [0.1, 0.15) is 17.3 Å². The van der Waals surface area contributed by atoms with Crippen LogP contribution in [0.3, 0.4) is 0 Å². The SMILES string of the molecule is COCCn1nnnc1SCC(=O)Nc1ccc(C(C)=O)cc1. The molecule has 2 rings (SSSR count). The number of amides is 1. The minimum absolute atomic E-state index is 0.0127. The Morgan fingerprint density at radius 1 is 1.30 bits per heavy atom. The molecular formula is C14H17N5O3S. The Hall–Kier alpha value is -2.26. The van der Waals surface area contributed by atoms with E-state index in [0.717, 1.165) is 0 Å². The third-order valence-corrected chi connectivity index (χ3v) is 3.87. The number of nitrogens with zero attached hydrogens (tertiary/aromatic N) is 4. The van der Waals surface area contributed by atoms with Crippen LogP contribution in [0.5, 0.6) is 0 Å². The van der Waals surface area contributed by atoms with Gasteiger partial charge in [-0.1, -0.05) is 11.8 Å². The first-order chi connectivity index (χ1) is 11.1. The highest BCUT2D eigenvalue weighted by Crippen LogP contribution is 2.15. The van der Waals surface area contributed by atoms with Crippen molar-refractivity contribution >= 4 is 29.1 Å². The maximum absolute atomic E-state index is 12.0. The van der Waals surface area contributed by atoms with E-state index in [4.69, 9.17) is 4.74 Å². The molecule has 0 fully saturated rings. The van der Waals surface area contributed by atoms with Gasteiger partial charge in [-0.05, 0) is 41.6 Å². The van der Waals surface area contributed by atoms with E-state index in [2.05, 4.69) is 20.8 Å². The summed E-state index contributed by atoms with van der Waals surface area (Å²) in [5.74, 6) is -0.00450. The number of anilines is 1. The normalized spacial score (nSPS) is 10.5. The number of hydrogen-bond donors (Lipinski definition) is 1. The van der Waals surface area contributed by atoms with Crippen molar-refractivity contribution in [2.75, 3.05) is 24.8 Å². The lowest BCUT2D eigenvalue weighted by molar-refractivity contribution is -0.113. The molecule has 0 aliphatic carbocycles. The fourth-order valence-electron chi connectivity index (χ4n) is 1.73. The van der Waals surface area contributed by atoms with Gasteiger partial charge in [0.1, 0.15) is 0 Å². The molecule has 1 heterocycles. The summed E-state index contributed by atoms with van der Waals surface area (Å²) >= 11 is 1.24. The Labute approximate surface area is 137 Å². The Morgan fingerprint density at radius 2 is 2.04 bits per heavy atom. The molecule has 1 N–H and O–H groups in total. The number of benzene rings is 1. The van der Waals surface area contributed by atoms with Crippen LogP contribution in [0, 0.1) is 0 Å². The second-order valence-corrected chi connectivity index (χ2v) is 5.59. The number of carbonyl (C=O) groups excluding carboxylic acids is 2. The molecule has 23 heavy (non-hydrogen) atoms. The first-order valence-electron chi connectivity index (χ1n) is 6.89. The Balaban J connectivity index is 1.85. The van der Waals surface area contributed by atoms with E-state index >= 15 is 0 Å². The molecule has 1 amide bonds. The van der Waals surface area contributed by atoms with Crippen LogP contribution in [0.25, 0.3) is 0 Å². The molecule has 0 radical (unpaired) electrons. The van der Waals surface area contributed by atoms with E-state index in [9.17, 15) is 9.59 Å². The van der Waals surface area contributed by atoms with Crippen LogP contribution in [-0.2, 0) is 16.1 Å². The number of aromatic nitrogens is 4. The van der Waals surface area contributed by atoms with E-state index in [0.29, 0.717) is 29.6 Å². The smallest absolute Gasteiger partial charge is 0.234 e. The summed E-state index contributed by atoms with van der Waals surface area (Å²) in [5, 5.41) is 14.6. The number of tetrazole rings is 1. The fourth-order valence-corrected chi connectivity index (χ4v) is 2.44. The van der Waals surface area contributed by atoms with Crippen molar-refractivity contribution < 1.29 is 14.3 Å². The van der Waals surface area contributed by atoms with Gasteiger partial charge in [-0.25, -0.2) is 4.68 Å². The molecule has 0 bridgehead atoms. The van der Waals surface area contributed by atoms with Gasteiger partial charge in [0, 0.05) is 18.4 Å². The minimum Gasteiger partial charge on any atom is -0.383 e. The predicted octanol–water partition coefficient (Wildman–Crippen LogP) is 1.25. The van der Waals surface area contributed by atoms with Crippen LogP contribution < -0.4 is 5.32 Å². The highest BCUT2D eigenvalue weighted by molar-refractivity contribution is 7.99. The second kappa shape index (κ2) is 8.39. The average molecular weight is 335 g/mol. The molecule has 0 saturated heterocycles. The first-order valence-corrected chi connectivity index (χ1v) is 7.87. The number of rotatable bonds is 8. The van der Waals surface area contributed by atoms with Gasteiger partial charge in [-0.3, -0.25) is 9.59 Å². The van der Waals surface area contributed by atoms with Crippen molar-refractivity contribution in [3.05, 3.63) is 29.8 Å². The maximum Gasteiger partial charge on any atom is 0.234 e. The highest BCUT2D eigenvalue weighted by Gasteiger charge is 2.10. The van der Waals surface area contributed by atoms with Gasteiger partial charge in [-0.15, -0.1) is 5.10 Å². The van der Waals surface area contributed by atoms with Crippen LogP contribution in [-0.4, -0.2) is 51.4 Å². The number of thioether (sulfide) groups is 1. The van der Waals surface area contributed by atoms with E-state index in [1.165, 1.54) is 18.7 Å². The lowest BCUT2D eigenvalue weighted by Crippen LogP contribution is -2.15. The summed E-state index contributed by atoms with van der Waals surface area (Å²) in [6.45, 7) is 2.52. The van der Waals surface area contributed by atoms with Gasteiger partial charge in [0.15, 0.2) is 5.78 Å². The number of ketones is 1. The number of ether oxygens (including phenoxy) is 1. The topological polar surface area (TPSA) is 99.0 Å². The van der Waals surface area contributed by atoms with E-state index in [1.807, 2.05) is 0 Å². The number of hydrogen-bond acceptors (Lipinski definition) is 7. The Morgan fingerprint density at radius 3 is 2.70 bits per heavy atom. The third-order valence-electron chi connectivity index (χ3n) is 2.91. The zero-order valence-corrected chi connectivity index (χ0v) is 13.7. The van der Waals surface area contributed by atoms with Crippen LogP contribution in [0.4, 0.5) is 5.69 Å². The summed E-state index contributed by atoms with van der Waals surface area (Å²) in [7, 11) is 1.60. The van der Waals surface area contributed by atoms with E-state index in [-0.39, 0.29) is 17.4 Å². The Kier molecular flexibility index (Phi) is 6.24. The number of carbonyl (C=O) groups is 2. The molecule has 0 spiro atoms. The summed E-state index contributed by atoms with van der Waals surface area (Å²) in [4.78, 5) is 23.1. The molecule has 0 aliphatic heterocycles. The maximum atomic E-state index is 12.0. The molecule has 0 unspecified atom stereocenters. The second-order valence-electron chi connectivity index (χ2n) is 4.65. The third kappa shape index (κ3) is 5.15. The van der Waals surface area contributed by atoms with Crippen molar-refractivity contribution in [2.24, 2.45) is 0 Å². The monoisotopic (exact) mass is 335 g/mol. The van der Waals surface area contributed by atoms with Gasteiger partial charge >= 0.3 is 0 Å². The zero-order valence-electron chi connectivity index (χ0n) is 12.9. The highest BCUT2D eigenvalue weighted by atomic mass is 32.2. The van der Waals surface area contributed by atoms with Crippen LogP contribution in [0.2, 0.25) is 0 Å². The van der Waals surface area contributed by atoms with Crippen molar-refractivity contribution in [1.82, 2.24) is 20.2 Å². The van der Waals surface area contributed by atoms with Gasteiger partial charge < -0.3 is 10.1 Å². The zero-order chi connectivity index (χ0) is 16.7. The van der Waals surface area contributed by atoms with Gasteiger partial charge in [-0.2, -0.15) is 0 Å². The number of Topliss-reactive ketones (excluding diaryl/α,β-unsaturated/α-hetero) is 1. The standard InChI is InChI=1S/C14H17N5O3S/c1-10(20)11-3-5-12(6-4-11)15-13(21)9-23-14-16-17-18-19(14)7-8-22-2/h3-6H,7-9H2,1-2H3,(H,15,21). The average Bonchev–Trinajstić information content (AvgIpc) is 2.99. The van der Waals surface area contributed by atoms with E-state index < -0.39 is 0 Å². The van der Waals surface area contributed by atoms with Crippen molar-refractivity contribution in [2.45, 2.75) is 18.6 Å². The van der Waals surface area contributed by atoms with Crippen LogP contribution in [0.15, 0.2) is 29.4 Å². The summed E-state index contributed by atoms with van der Waals surface area (Å²) in [5.41, 5.74) is 1.24. The lowest BCUT2D eigenvalue weighted by atomic mass is 10.1. The van der Waals surface area contributed by atoms with Gasteiger partial charge in [0.25, 0.3) is 0 Å². The van der Waals surface area contributed by atoms with Gasteiger partial charge in [0.05, 0.1) is 18.9 Å². The largest absolute Gasteiger partial charge is 0.383 e. The van der Waals surface area contributed by atoms with E-state index in [1.54, 1.807) is 36.1 Å². The molecule has 0 saturated carbocycles. The number of nitrogens with one attached hydrogen (secondary N) is 1. The first kappa shape index (κ1) is 17.1. The summed E-state index contributed by atoms with van der Waals surface area (Å²) in [6, 6.07) is 6.75. The fraction of sp³-hybridized carbons (Fsp3) is 0.357. The number of methoxy groups -OCH3 is 1. The minimum atomic E-state index is -0.174. The molecular weight excluding hydrogens is 318 g/mol.